The van der Waals surface area contributed by atoms with Crippen LogP contribution in [0.4, 0.5) is 0 Å². The van der Waals surface area contributed by atoms with Gasteiger partial charge in [0.25, 0.3) is 0 Å². The standard InChI is InChI=1S/C17H19N/c1-3-7-15-13(5-1)9-10-17(15)18-12-11-14-6-2-4-8-16(14)18/h1,3,5,7-10,14,17H,2,4,6,11-12H2. The zero-order valence-corrected chi connectivity index (χ0v) is 10.7. The predicted molar refractivity (Wildman–Crippen MR) is 75.0 cm³/mol. The largest absolute Gasteiger partial charge is 0.364 e. The molecule has 1 aliphatic heterocycles. The molecule has 1 nitrogen and oxygen atoms in total. The van der Waals surface area contributed by atoms with Crippen LogP contribution in [-0.2, 0) is 0 Å². The Kier molecular flexibility index (Phi) is 2.32. The molecule has 18 heavy (non-hydrogen) atoms. The number of allylic oxidation sites excluding steroid dienone is 2. The van der Waals surface area contributed by atoms with E-state index >= 15 is 0 Å². The summed E-state index contributed by atoms with van der Waals surface area (Å²) in [4.78, 5) is 2.64. The number of hydrogen-bond donors (Lipinski definition) is 0. The van der Waals surface area contributed by atoms with Crippen LogP contribution in [0.3, 0.4) is 0 Å². The minimum atomic E-state index is 0.496. The van der Waals surface area contributed by atoms with Gasteiger partial charge in [0.05, 0.1) is 6.04 Å². The number of hydrogen-bond acceptors (Lipinski definition) is 1. The maximum absolute atomic E-state index is 2.64. The van der Waals surface area contributed by atoms with Crippen LogP contribution in [0.1, 0.15) is 42.9 Å². The zero-order chi connectivity index (χ0) is 11.9. The Morgan fingerprint density at radius 3 is 3.06 bits per heavy atom. The smallest absolute Gasteiger partial charge is 0.0732 e. The molecule has 1 fully saturated rings. The second-order valence-electron chi connectivity index (χ2n) is 5.67. The van der Waals surface area contributed by atoms with Crippen LogP contribution in [0, 0.1) is 5.92 Å². The van der Waals surface area contributed by atoms with Gasteiger partial charge in [-0.2, -0.15) is 0 Å². The van der Waals surface area contributed by atoms with Crippen molar-refractivity contribution in [1.29, 1.82) is 0 Å². The van der Waals surface area contributed by atoms with Gasteiger partial charge in [-0.25, -0.2) is 0 Å². The third-order valence-electron chi connectivity index (χ3n) is 4.69. The summed E-state index contributed by atoms with van der Waals surface area (Å²) in [5.74, 6) is 0.847. The minimum absolute atomic E-state index is 0.496. The highest BCUT2D eigenvalue weighted by molar-refractivity contribution is 5.62. The van der Waals surface area contributed by atoms with Crippen LogP contribution in [-0.4, -0.2) is 11.4 Å². The summed E-state index contributed by atoms with van der Waals surface area (Å²) in [7, 11) is 0. The van der Waals surface area contributed by atoms with Crippen LogP contribution in [0.25, 0.3) is 6.08 Å². The highest BCUT2D eigenvalue weighted by Gasteiger charge is 2.34. The zero-order valence-electron chi connectivity index (χ0n) is 10.7. The average molecular weight is 237 g/mol. The van der Waals surface area contributed by atoms with E-state index in [-0.39, 0.29) is 0 Å². The molecule has 1 heteroatoms. The van der Waals surface area contributed by atoms with Crippen LogP contribution in [0.5, 0.6) is 0 Å². The molecule has 0 spiro atoms. The first-order valence-corrected chi connectivity index (χ1v) is 7.17. The van der Waals surface area contributed by atoms with E-state index in [0.29, 0.717) is 6.04 Å². The molecule has 1 aromatic rings. The molecule has 2 aliphatic carbocycles. The van der Waals surface area contributed by atoms with Gasteiger partial charge in [-0.15, -0.1) is 0 Å². The Labute approximate surface area is 109 Å². The number of rotatable bonds is 1. The lowest BCUT2D eigenvalue weighted by molar-refractivity contribution is 0.331. The van der Waals surface area contributed by atoms with Gasteiger partial charge >= 0.3 is 0 Å². The Morgan fingerprint density at radius 1 is 1.11 bits per heavy atom. The molecule has 1 saturated heterocycles. The molecular weight excluding hydrogens is 218 g/mol. The topological polar surface area (TPSA) is 3.24 Å². The van der Waals surface area contributed by atoms with Crippen LogP contribution >= 0.6 is 0 Å². The number of likely N-dealkylation sites (tertiary alicyclic amines) is 1. The van der Waals surface area contributed by atoms with E-state index < -0.39 is 0 Å². The van der Waals surface area contributed by atoms with E-state index in [9.17, 15) is 0 Å². The highest BCUT2D eigenvalue weighted by atomic mass is 15.2. The summed E-state index contributed by atoms with van der Waals surface area (Å²) < 4.78 is 0. The maximum atomic E-state index is 2.64. The lowest BCUT2D eigenvalue weighted by atomic mass is 9.92. The van der Waals surface area contributed by atoms with Crippen molar-refractivity contribution in [3.63, 3.8) is 0 Å². The molecule has 0 aromatic heterocycles. The number of fused-ring (bicyclic) bond motifs is 2. The molecular formula is C17H19N. The van der Waals surface area contributed by atoms with Gasteiger partial charge in [0, 0.05) is 18.2 Å². The summed E-state index contributed by atoms with van der Waals surface area (Å²) >= 11 is 0. The fraction of sp³-hybridized carbons (Fsp3) is 0.412. The molecule has 2 unspecified atom stereocenters. The summed E-state index contributed by atoms with van der Waals surface area (Å²) in [6, 6.07) is 9.32. The first-order valence-electron chi connectivity index (χ1n) is 7.17. The van der Waals surface area contributed by atoms with E-state index in [1.165, 1.54) is 43.4 Å². The lowest BCUT2D eigenvalue weighted by Crippen LogP contribution is -2.23. The van der Waals surface area contributed by atoms with Gasteiger partial charge in [-0.3, -0.25) is 0 Å². The molecule has 0 N–H and O–H groups in total. The van der Waals surface area contributed by atoms with E-state index in [1.54, 1.807) is 5.70 Å². The number of nitrogens with zero attached hydrogens (tertiary/aromatic N) is 1. The normalized spacial score (nSPS) is 29.1. The second kappa shape index (κ2) is 4.01. The van der Waals surface area contributed by atoms with Gasteiger partial charge in [0.2, 0.25) is 0 Å². The Bertz CT molecular complexity index is 526. The molecule has 2 atom stereocenters. The molecule has 4 rings (SSSR count). The predicted octanol–water partition coefficient (Wildman–Crippen LogP) is 4.14. The van der Waals surface area contributed by atoms with Crippen molar-refractivity contribution in [3.05, 3.63) is 53.2 Å². The van der Waals surface area contributed by atoms with E-state index in [2.05, 4.69) is 47.4 Å². The van der Waals surface area contributed by atoms with Crippen molar-refractivity contribution in [2.24, 2.45) is 5.92 Å². The molecule has 1 aromatic carbocycles. The van der Waals surface area contributed by atoms with E-state index in [1.807, 2.05) is 0 Å². The first kappa shape index (κ1) is 10.4. The van der Waals surface area contributed by atoms with Crippen molar-refractivity contribution in [2.45, 2.75) is 31.7 Å². The number of benzene rings is 1. The summed E-state index contributed by atoms with van der Waals surface area (Å²) in [6.07, 6.45) is 12.6. The van der Waals surface area contributed by atoms with Gasteiger partial charge in [-0.05, 0) is 36.8 Å². The van der Waals surface area contributed by atoms with Crippen molar-refractivity contribution in [1.82, 2.24) is 4.90 Å². The van der Waals surface area contributed by atoms with Crippen molar-refractivity contribution >= 4 is 6.08 Å². The summed E-state index contributed by atoms with van der Waals surface area (Å²) in [5, 5.41) is 0. The Balaban J connectivity index is 1.70. The van der Waals surface area contributed by atoms with Crippen LogP contribution < -0.4 is 0 Å². The quantitative estimate of drug-likeness (QED) is 0.709. The Hall–Kier alpha value is -1.50. The lowest BCUT2D eigenvalue weighted by Gasteiger charge is -2.30. The SMILES string of the molecule is C1=CC(N2CCC3CCCC=C32)c2ccccc21. The van der Waals surface area contributed by atoms with Gasteiger partial charge in [0.15, 0.2) is 0 Å². The van der Waals surface area contributed by atoms with Gasteiger partial charge in [-0.1, -0.05) is 42.5 Å². The Morgan fingerprint density at radius 2 is 2.06 bits per heavy atom. The van der Waals surface area contributed by atoms with Crippen molar-refractivity contribution in [3.8, 4) is 0 Å². The molecule has 0 bridgehead atoms. The summed E-state index contributed by atoms with van der Waals surface area (Å²) in [5.41, 5.74) is 4.53. The van der Waals surface area contributed by atoms with Crippen LogP contribution in [0.15, 0.2) is 42.1 Å². The van der Waals surface area contributed by atoms with Gasteiger partial charge < -0.3 is 4.90 Å². The van der Waals surface area contributed by atoms with E-state index in [4.69, 9.17) is 0 Å². The molecule has 1 heterocycles. The minimum Gasteiger partial charge on any atom is -0.364 e. The maximum Gasteiger partial charge on any atom is 0.0732 e. The molecule has 0 radical (unpaired) electrons. The third-order valence-corrected chi connectivity index (χ3v) is 4.69. The van der Waals surface area contributed by atoms with Gasteiger partial charge in [0.1, 0.15) is 0 Å². The molecule has 92 valence electrons. The third kappa shape index (κ3) is 1.46. The molecule has 0 amide bonds. The highest BCUT2D eigenvalue weighted by Crippen LogP contribution is 2.43. The first-order chi connectivity index (χ1) is 8.93. The fourth-order valence-corrected chi connectivity index (χ4v) is 3.80. The van der Waals surface area contributed by atoms with Crippen molar-refractivity contribution in [2.75, 3.05) is 6.54 Å². The molecule has 0 saturated carbocycles. The fourth-order valence-electron chi connectivity index (χ4n) is 3.80. The molecule has 3 aliphatic rings. The monoisotopic (exact) mass is 237 g/mol. The van der Waals surface area contributed by atoms with E-state index in [0.717, 1.165) is 5.92 Å². The van der Waals surface area contributed by atoms with Crippen molar-refractivity contribution < 1.29 is 0 Å². The van der Waals surface area contributed by atoms with Crippen LogP contribution in [0.2, 0.25) is 0 Å². The second-order valence-corrected chi connectivity index (χ2v) is 5.67. The average Bonchev–Trinajstić information content (AvgIpc) is 3.01. The summed E-state index contributed by atoms with van der Waals surface area (Å²) in [6.45, 7) is 1.24.